The molecule has 35 heavy (non-hydrogen) atoms. The molecule has 3 aliphatic rings. The molecule has 8 heteroatoms. The van der Waals surface area contributed by atoms with E-state index in [2.05, 4.69) is 11.8 Å². The molecule has 3 saturated heterocycles. The number of ether oxygens (including phenoxy) is 1. The van der Waals surface area contributed by atoms with E-state index < -0.39 is 5.54 Å². The predicted molar refractivity (Wildman–Crippen MR) is 135 cm³/mol. The summed E-state index contributed by atoms with van der Waals surface area (Å²) >= 11 is 0. The van der Waals surface area contributed by atoms with E-state index in [4.69, 9.17) is 4.74 Å². The van der Waals surface area contributed by atoms with E-state index in [1.807, 2.05) is 35.2 Å². The Balaban J connectivity index is 1.42. The van der Waals surface area contributed by atoms with Crippen LogP contribution in [0.25, 0.3) is 0 Å². The van der Waals surface area contributed by atoms with Crippen LogP contribution in [0.3, 0.4) is 0 Å². The number of rotatable bonds is 9. The van der Waals surface area contributed by atoms with Gasteiger partial charge in [0, 0.05) is 38.3 Å². The van der Waals surface area contributed by atoms with Gasteiger partial charge in [0.2, 0.25) is 11.8 Å². The summed E-state index contributed by atoms with van der Waals surface area (Å²) in [6, 6.07) is 9.97. The average Bonchev–Trinajstić information content (AvgIpc) is 3.16. The van der Waals surface area contributed by atoms with Gasteiger partial charge in [-0.15, -0.1) is 0 Å². The fraction of sp³-hybridized carbons (Fsp3) is 0.667. The van der Waals surface area contributed by atoms with Gasteiger partial charge in [0.1, 0.15) is 12.1 Å². The molecule has 4 rings (SSSR count). The molecule has 0 unspecified atom stereocenters. The number of morpholine rings is 1. The fourth-order valence-electron chi connectivity index (χ4n) is 5.56. The van der Waals surface area contributed by atoms with Crippen LogP contribution in [0.1, 0.15) is 58.3 Å². The fourth-order valence-corrected chi connectivity index (χ4v) is 5.56. The molecule has 1 aromatic rings. The van der Waals surface area contributed by atoms with Crippen LogP contribution >= 0.6 is 0 Å². The molecular formula is C27H40N4O4. The molecule has 1 spiro atoms. The van der Waals surface area contributed by atoms with Crippen molar-refractivity contribution in [1.29, 1.82) is 0 Å². The van der Waals surface area contributed by atoms with Crippen molar-refractivity contribution in [2.24, 2.45) is 0 Å². The van der Waals surface area contributed by atoms with Gasteiger partial charge in [0.05, 0.1) is 19.9 Å². The van der Waals surface area contributed by atoms with Gasteiger partial charge in [-0.1, -0.05) is 50.8 Å². The van der Waals surface area contributed by atoms with Crippen molar-refractivity contribution in [3.63, 3.8) is 0 Å². The largest absolute Gasteiger partial charge is 0.378 e. The molecular weight excluding hydrogens is 444 g/mol. The van der Waals surface area contributed by atoms with Crippen molar-refractivity contribution in [2.75, 3.05) is 57.5 Å². The van der Waals surface area contributed by atoms with Crippen LogP contribution in [0.2, 0.25) is 0 Å². The van der Waals surface area contributed by atoms with Gasteiger partial charge in [-0.25, -0.2) is 0 Å². The molecule has 0 bridgehead atoms. The Bertz CT molecular complexity index is 863. The zero-order chi connectivity index (χ0) is 24.7. The third kappa shape index (κ3) is 5.80. The maximum Gasteiger partial charge on any atom is 0.250 e. The molecule has 8 nitrogen and oxygen atoms in total. The van der Waals surface area contributed by atoms with Crippen LogP contribution in [-0.2, 0) is 19.1 Å². The lowest BCUT2D eigenvalue weighted by atomic mass is 9.85. The van der Waals surface area contributed by atoms with E-state index in [1.54, 1.807) is 9.80 Å². The van der Waals surface area contributed by atoms with Crippen molar-refractivity contribution in [1.82, 2.24) is 14.7 Å². The van der Waals surface area contributed by atoms with Crippen LogP contribution in [0.5, 0.6) is 0 Å². The van der Waals surface area contributed by atoms with Gasteiger partial charge < -0.3 is 24.3 Å². The van der Waals surface area contributed by atoms with E-state index >= 15 is 0 Å². The minimum atomic E-state index is -0.704. The van der Waals surface area contributed by atoms with E-state index in [0.29, 0.717) is 65.3 Å². The van der Waals surface area contributed by atoms with Crippen molar-refractivity contribution in [2.45, 2.75) is 63.8 Å². The maximum absolute atomic E-state index is 13.8. The van der Waals surface area contributed by atoms with Crippen molar-refractivity contribution in [3.8, 4) is 0 Å². The SMILES string of the molecule is CCCCCCCC(=O)N1CCC2(CC1)C(=O)N(CC(=O)N1CCOCC1)CN2c1ccccc1. The predicted octanol–water partition coefficient (Wildman–Crippen LogP) is 2.87. The molecule has 3 fully saturated rings. The summed E-state index contributed by atoms with van der Waals surface area (Å²) in [5.41, 5.74) is 0.280. The monoisotopic (exact) mass is 484 g/mol. The van der Waals surface area contributed by atoms with E-state index in [9.17, 15) is 14.4 Å². The van der Waals surface area contributed by atoms with Gasteiger partial charge in [0.25, 0.3) is 5.91 Å². The van der Waals surface area contributed by atoms with Crippen LogP contribution < -0.4 is 4.90 Å². The van der Waals surface area contributed by atoms with Gasteiger partial charge in [-0.3, -0.25) is 14.4 Å². The number of unbranched alkanes of at least 4 members (excludes halogenated alkanes) is 4. The molecule has 0 radical (unpaired) electrons. The van der Waals surface area contributed by atoms with Gasteiger partial charge in [-0.05, 0) is 31.4 Å². The number of likely N-dealkylation sites (tertiary alicyclic amines) is 1. The number of benzene rings is 1. The lowest BCUT2D eigenvalue weighted by molar-refractivity contribution is -0.143. The normalized spacial score (nSPS) is 20.1. The molecule has 0 aromatic heterocycles. The number of hydrogen-bond acceptors (Lipinski definition) is 5. The van der Waals surface area contributed by atoms with Crippen LogP contribution in [0, 0.1) is 0 Å². The first-order valence-corrected chi connectivity index (χ1v) is 13.3. The van der Waals surface area contributed by atoms with Crippen molar-refractivity contribution in [3.05, 3.63) is 30.3 Å². The van der Waals surface area contributed by atoms with Gasteiger partial charge >= 0.3 is 0 Å². The summed E-state index contributed by atoms with van der Waals surface area (Å²) in [6.07, 6.45) is 7.41. The van der Waals surface area contributed by atoms with Crippen LogP contribution in [-0.4, -0.2) is 90.6 Å². The molecule has 3 heterocycles. The Morgan fingerprint density at radius 1 is 0.886 bits per heavy atom. The zero-order valence-electron chi connectivity index (χ0n) is 21.1. The molecule has 0 saturated carbocycles. The standard InChI is InChI=1S/C27H40N4O4/c1-2-3-4-5-9-12-24(32)28-15-13-27(14-16-28)26(34)30(21-25(33)29-17-19-35-20-18-29)22-31(27)23-10-7-6-8-11-23/h6-8,10-11H,2-5,9,12-22H2,1H3. The molecule has 0 atom stereocenters. The number of piperidine rings is 1. The minimum Gasteiger partial charge on any atom is -0.378 e. The highest BCUT2D eigenvalue weighted by Crippen LogP contribution is 2.39. The molecule has 1 aromatic carbocycles. The molecule has 3 amide bonds. The number of anilines is 1. The summed E-state index contributed by atoms with van der Waals surface area (Å²) in [7, 11) is 0. The first kappa shape index (κ1) is 25.5. The van der Waals surface area contributed by atoms with E-state index in [-0.39, 0.29) is 24.3 Å². The van der Waals surface area contributed by atoms with E-state index in [1.165, 1.54) is 19.3 Å². The Kier molecular flexibility index (Phi) is 8.65. The Labute approximate surface area is 209 Å². The summed E-state index contributed by atoms with van der Waals surface area (Å²) in [6.45, 7) is 6.06. The number of nitrogens with zero attached hydrogens (tertiary/aromatic N) is 4. The molecule has 0 aliphatic carbocycles. The average molecular weight is 485 g/mol. The Hall–Kier alpha value is -2.61. The smallest absolute Gasteiger partial charge is 0.250 e. The highest BCUT2D eigenvalue weighted by Gasteiger charge is 2.54. The summed E-state index contributed by atoms with van der Waals surface area (Å²) < 4.78 is 5.36. The molecule has 3 aliphatic heterocycles. The minimum absolute atomic E-state index is 0.00891. The number of carbonyl (C=O) groups is 3. The number of para-hydroxylation sites is 1. The first-order chi connectivity index (χ1) is 17.0. The third-order valence-electron chi connectivity index (χ3n) is 7.71. The summed E-state index contributed by atoms with van der Waals surface area (Å²) in [4.78, 5) is 47.1. The zero-order valence-corrected chi connectivity index (χ0v) is 21.1. The van der Waals surface area contributed by atoms with Crippen LogP contribution in [0.4, 0.5) is 5.69 Å². The number of hydrogen-bond donors (Lipinski definition) is 0. The molecule has 192 valence electrons. The second-order valence-electron chi connectivity index (χ2n) is 9.98. The second-order valence-corrected chi connectivity index (χ2v) is 9.98. The highest BCUT2D eigenvalue weighted by molar-refractivity contribution is 5.96. The van der Waals surface area contributed by atoms with Crippen LogP contribution in [0.15, 0.2) is 30.3 Å². The summed E-state index contributed by atoms with van der Waals surface area (Å²) in [5, 5.41) is 0. The highest BCUT2D eigenvalue weighted by atomic mass is 16.5. The quantitative estimate of drug-likeness (QED) is 0.504. The number of amides is 3. The first-order valence-electron chi connectivity index (χ1n) is 13.3. The van der Waals surface area contributed by atoms with E-state index in [0.717, 1.165) is 18.5 Å². The topological polar surface area (TPSA) is 73.4 Å². The number of carbonyl (C=O) groups excluding carboxylic acids is 3. The Morgan fingerprint density at radius 2 is 1.54 bits per heavy atom. The second kappa shape index (κ2) is 11.9. The maximum atomic E-state index is 13.8. The van der Waals surface area contributed by atoms with Gasteiger partial charge in [0.15, 0.2) is 0 Å². The molecule has 0 N–H and O–H groups in total. The summed E-state index contributed by atoms with van der Waals surface area (Å²) in [5.74, 6) is 0.185. The lowest BCUT2D eigenvalue weighted by Crippen LogP contribution is -2.57. The van der Waals surface area contributed by atoms with Crippen molar-refractivity contribution >= 4 is 23.4 Å². The van der Waals surface area contributed by atoms with Crippen molar-refractivity contribution < 1.29 is 19.1 Å². The van der Waals surface area contributed by atoms with Gasteiger partial charge in [-0.2, -0.15) is 0 Å². The Morgan fingerprint density at radius 3 is 2.23 bits per heavy atom. The lowest BCUT2D eigenvalue weighted by Gasteiger charge is -2.43. The third-order valence-corrected chi connectivity index (χ3v) is 7.71.